The highest BCUT2D eigenvalue weighted by molar-refractivity contribution is 5.91. The number of nitrogens with zero attached hydrogens (tertiary/aromatic N) is 2. The van der Waals surface area contributed by atoms with Crippen LogP contribution in [0.1, 0.15) is 23.5 Å². The van der Waals surface area contributed by atoms with Crippen molar-refractivity contribution in [1.29, 1.82) is 0 Å². The third-order valence-electron chi connectivity index (χ3n) is 4.28. The molecule has 0 spiro atoms. The molecular formula is C22H23N3O. The molecule has 1 aromatic heterocycles. The van der Waals surface area contributed by atoms with E-state index < -0.39 is 0 Å². The second-order valence-corrected chi connectivity index (χ2v) is 6.43. The number of nitrogens with one attached hydrogen (secondary N) is 1. The van der Waals surface area contributed by atoms with Crippen molar-refractivity contribution >= 4 is 17.4 Å². The first-order chi connectivity index (χ1) is 12.6. The van der Waals surface area contributed by atoms with Crippen molar-refractivity contribution in [1.82, 2.24) is 4.98 Å². The van der Waals surface area contributed by atoms with Crippen molar-refractivity contribution in [2.24, 2.45) is 0 Å². The lowest BCUT2D eigenvalue weighted by Crippen LogP contribution is -2.17. The molecular weight excluding hydrogens is 322 g/mol. The third-order valence-corrected chi connectivity index (χ3v) is 4.28. The van der Waals surface area contributed by atoms with Gasteiger partial charge in [0.25, 0.3) is 0 Å². The van der Waals surface area contributed by atoms with Gasteiger partial charge in [-0.1, -0.05) is 60.7 Å². The smallest absolute Gasteiger partial charge is 0.225 e. The number of pyridine rings is 1. The Morgan fingerprint density at radius 1 is 0.923 bits per heavy atom. The van der Waals surface area contributed by atoms with Crippen molar-refractivity contribution in [2.45, 2.75) is 12.3 Å². The number of carbonyl (C=O) groups excluding carboxylic acids is 1. The summed E-state index contributed by atoms with van der Waals surface area (Å²) in [5.74, 6) is 0.850. The largest absolute Gasteiger partial charge is 0.363 e. The van der Waals surface area contributed by atoms with Crippen molar-refractivity contribution in [3.05, 3.63) is 90.1 Å². The molecule has 0 saturated carbocycles. The molecule has 3 aromatic rings. The molecule has 26 heavy (non-hydrogen) atoms. The summed E-state index contributed by atoms with van der Waals surface area (Å²) in [6.45, 7) is 0. The van der Waals surface area contributed by atoms with Gasteiger partial charge in [0.15, 0.2) is 0 Å². The van der Waals surface area contributed by atoms with Gasteiger partial charge in [-0.05, 0) is 23.3 Å². The number of rotatable bonds is 6. The average Bonchev–Trinajstić information content (AvgIpc) is 2.68. The number of anilines is 2. The number of hydrogen-bond donors (Lipinski definition) is 1. The van der Waals surface area contributed by atoms with Crippen LogP contribution in [-0.4, -0.2) is 25.0 Å². The minimum atomic E-state index is -0.0258. The fourth-order valence-corrected chi connectivity index (χ4v) is 2.92. The van der Waals surface area contributed by atoms with Crippen LogP contribution in [0.15, 0.2) is 79.0 Å². The molecule has 132 valence electrons. The van der Waals surface area contributed by atoms with Gasteiger partial charge in [-0.15, -0.1) is 0 Å². The van der Waals surface area contributed by atoms with E-state index in [1.54, 1.807) is 6.20 Å². The molecule has 2 aromatic carbocycles. The van der Waals surface area contributed by atoms with Gasteiger partial charge in [0.05, 0.1) is 11.9 Å². The van der Waals surface area contributed by atoms with E-state index in [4.69, 9.17) is 0 Å². The number of amides is 1. The molecule has 0 aliphatic heterocycles. The van der Waals surface area contributed by atoms with E-state index in [-0.39, 0.29) is 11.8 Å². The zero-order valence-corrected chi connectivity index (χ0v) is 15.1. The number of aromatic nitrogens is 1. The van der Waals surface area contributed by atoms with Gasteiger partial charge in [0, 0.05) is 26.4 Å². The quantitative estimate of drug-likeness (QED) is 0.724. The van der Waals surface area contributed by atoms with Crippen molar-refractivity contribution in [3.63, 3.8) is 0 Å². The summed E-state index contributed by atoms with van der Waals surface area (Å²) in [6, 6.07) is 24.0. The van der Waals surface area contributed by atoms with Crippen LogP contribution in [0.4, 0.5) is 11.5 Å². The Morgan fingerprint density at radius 2 is 1.50 bits per heavy atom. The molecule has 0 saturated heterocycles. The summed E-state index contributed by atoms with van der Waals surface area (Å²) in [5.41, 5.74) is 2.98. The van der Waals surface area contributed by atoms with Gasteiger partial charge in [0.1, 0.15) is 5.82 Å². The highest BCUT2D eigenvalue weighted by Crippen LogP contribution is 2.28. The lowest BCUT2D eigenvalue weighted by atomic mass is 9.88. The van der Waals surface area contributed by atoms with Crippen LogP contribution in [0.2, 0.25) is 0 Å². The first-order valence-electron chi connectivity index (χ1n) is 8.66. The van der Waals surface area contributed by atoms with Gasteiger partial charge >= 0.3 is 0 Å². The van der Waals surface area contributed by atoms with Gasteiger partial charge in [-0.2, -0.15) is 0 Å². The zero-order chi connectivity index (χ0) is 18.4. The molecule has 0 bridgehead atoms. The van der Waals surface area contributed by atoms with Gasteiger partial charge in [-0.3, -0.25) is 4.79 Å². The average molecular weight is 345 g/mol. The summed E-state index contributed by atoms with van der Waals surface area (Å²) >= 11 is 0. The number of carbonyl (C=O) groups is 1. The van der Waals surface area contributed by atoms with E-state index in [9.17, 15) is 4.79 Å². The van der Waals surface area contributed by atoms with E-state index in [1.807, 2.05) is 67.5 Å². The van der Waals surface area contributed by atoms with Crippen LogP contribution in [0.5, 0.6) is 0 Å². The second-order valence-electron chi connectivity index (χ2n) is 6.43. The van der Waals surface area contributed by atoms with Crippen LogP contribution in [-0.2, 0) is 4.79 Å². The van der Waals surface area contributed by atoms with Crippen LogP contribution in [0.3, 0.4) is 0 Å². The van der Waals surface area contributed by atoms with Crippen LogP contribution in [0.25, 0.3) is 0 Å². The van der Waals surface area contributed by atoms with Crippen molar-refractivity contribution in [2.75, 3.05) is 24.3 Å². The normalized spacial score (nSPS) is 10.6. The predicted molar refractivity (Wildman–Crippen MR) is 107 cm³/mol. The van der Waals surface area contributed by atoms with Crippen LogP contribution in [0, 0.1) is 0 Å². The maximum atomic E-state index is 12.6. The lowest BCUT2D eigenvalue weighted by molar-refractivity contribution is -0.116. The minimum Gasteiger partial charge on any atom is -0.363 e. The number of hydrogen-bond acceptors (Lipinski definition) is 3. The van der Waals surface area contributed by atoms with Crippen molar-refractivity contribution < 1.29 is 4.79 Å². The Bertz CT molecular complexity index is 791. The van der Waals surface area contributed by atoms with Crippen molar-refractivity contribution in [3.8, 4) is 0 Å². The zero-order valence-electron chi connectivity index (χ0n) is 15.1. The molecule has 4 heteroatoms. The Balaban J connectivity index is 1.75. The van der Waals surface area contributed by atoms with E-state index in [1.165, 1.54) is 0 Å². The molecule has 0 radical (unpaired) electrons. The SMILES string of the molecule is CN(C)c1ccc(NC(=O)CC(c2ccccc2)c2ccccc2)cn1. The lowest BCUT2D eigenvalue weighted by Gasteiger charge is -2.18. The Kier molecular flexibility index (Phi) is 5.64. The molecule has 1 heterocycles. The van der Waals surface area contributed by atoms with E-state index in [2.05, 4.69) is 34.6 Å². The van der Waals surface area contributed by atoms with Crippen LogP contribution < -0.4 is 10.2 Å². The fourth-order valence-electron chi connectivity index (χ4n) is 2.92. The standard InChI is InChI=1S/C22H23N3O/c1-25(2)21-14-13-19(16-23-21)24-22(26)15-20(17-9-5-3-6-10-17)18-11-7-4-8-12-18/h3-14,16,20H,15H2,1-2H3,(H,24,26). The molecule has 4 nitrogen and oxygen atoms in total. The highest BCUT2D eigenvalue weighted by atomic mass is 16.1. The predicted octanol–water partition coefficient (Wildman–Crippen LogP) is 4.31. The maximum absolute atomic E-state index is 12.6. The highest BCUT2D eigenvalue weighted by Gasteiger charge is 2.18. The summed E-state index contributed by atoms with van der Waals surface area (Å²) in [7, 11) is 3.87. The van der Waals surface area contributed by atoms with Gasteiger partial charge in [-0.25, -0.2) is 4.98 Å². The van der Waals surface area contributed by atoms with E-state index in [0.717, 1.165) is 16.9 Å². The molecule has 1 N–H and O–H groups in total. The first kappa shape index (κ1) is 17.7. The van der Waals surface area contributed by atoms with Gasteiger partial charge < -0.3 is 10.2 Å². The second kappa shape index (κ2) is 8.30. The molecule has 0 unspecified atom stereocenters. The number of benzene rings is 2. The molecule has 0 atom stereocenters. The molecule has 1 amide bonds. The molecule has 0 aliphatic rings. The summed E-state index contributed by atoms with van der Waals surface area (Å²) in [5, 5.41) is 2.96. The van der Waals surface area contributed by atoms with Gasteiger partial charge in [0.2, 0.25) is 5.91 Å². The fraction of sp³-hybridized carbons (Fsp3) is 0.182. The molecule has 3 rings (SSSR count). The monoisotopic (exact) mass is 345 g/mol. The topological polar surface area (TPSA) is 45.2 Å². The summed E-state index contributed by atoms with van der Waals surface area (Å²) in [4.78, 5) is 18.9. The summed E-state index contributed by atoms with van der Waals surface area (Å²) < 4.78 is 0. The minimum absolute atomic E-state index is 0.0198. The molecule has 0 aliphatic carbocycles. The Labute approximate surface area is 154 Å². The van der Waals surface area contributed by atoms with E-state index >= 15 is 0 Å². The third kappa shape index (κ3) is 4.48. The van der Waals surface area contributed by atoms with E-state index in [0.29, 0.717) is 12.1 Å². The van der Waals surface area contributed by atoms with Crippen LogP contribution >= 0.6 is 0 Å². The molecule has 0 fully saturated rings. The first-order valence-corrected chi connectivity index (χ1v) is 8.66. The summed E-state index contributed by atoms with van der Waals surface area (Å²) in [6.07, 6.45) is 2.07. The Hall–Kier alpha value is -3.14. The maximum Gasteiger partial charge on any atom is 0.225 e. The Morgan fingerprint density at radius 3 is 1.96 bits per heavy atom.